The Bertz CT molecular complexity index is 374. The van der Waals surface area contributed by atoms with Crippen molar-refractivity contribution in [3.8, 4) is 0 Å². The van der Waals surface area contributed by atoms with Gasteiger partial charge < -0.3 is 10.6 Å². The van der Waals surface area contributed by atoms with Crippen LogP contribution in [0.15, 0.2) is 0 Å². The van der Waals surface area contributed by atoms with Crippen LogP contribution in [-0.4, -0.2) is 23.6 Å². The van der Waals surface area contributed by atoms with E-state index < -0.39 is 0 Å². The second kappa shape index (κ2) is 5.84. The second-order valence-corrected chi connectivity index (χ2v) is 4.85. The summed E-state index contributed by atoms with van der Waals surface area (Å²) in [7, 11) is 2.06. The summed E-state index contributed by atoms with van der Waals surface area (Å²) >= 11 is 0. The van der Waals surface area contributed by atoms with Gasteiger partial charge in [-0.3, -0.25) is 0 Å². The monoisotopic (exact) mass is 236 g/mol. The molecule has 1 heterocycles. The Balaban J connectivity index is 3.04. The molecule has 0 aliphatic rings. The van der Waals surface area contributed by atoms with Gasteiger partial charge in [0.25, 0.3) is 0 Å². The fraction of sp³-hybridized carbons (Fsp3) is 0.692. The average Bonchev–Trinajstić information content (AvgIpc) is 2.29. The molecular weight excluding hydrogens is 212 g/mol. The fourth-order valence-corrected chi connectivity index (χ4v) is 1.67. The minimum atomic E-state index is 0.302. The summed E-state index contributed by atoms with van der Waals surface area (Å²) in [5.74, 6) is 2.69. The van der Waals surface area contributed by atoms with Gasteiger partial charge in [-0.25, -0.2) is 9.97 Å². The molecule has 0 bridgehead atoms. The molecule has 0 amide bonds. The number of nitrogens with zero attached hydrogens (tertiary/aromatic N) is 3. The van der Waals surface area contributed by atoms with E-state index in [0.29, 0.717) is 11.7 Å². The number of nitrogens with two attached hydrogens (primary N) is 1. The van der Waals surface area contributed by atoms with Gasteiger partial charge in [0, 0.05) is 25.1 Å². The van der Waals surface area contributed by atoms with E-state index in [9.17, 15) is 0 Å². The summed E-state index contributed by atoms with van der Waals surface area (Å²) in [6, 6.07) is 0. The molecule has 0 radical (unpaired) electrons. The van der Waals surface area contributed by atoms with Gasteiger partial charge in [0.05, 0.1) is 0 Å². The van der Waals surface area contributed by atoms with E-state index in [2.05, 4.69) is 42.7 Å². The Labute approximate surface area is 104 Å². The Kier molecular flexibility index (Phi) is 4.73. The quantitative estimate of drug-likeness (QED) is 0.854. The second-order valence-electron chi connectivity index (χ2n) is 4.85. The number of anilines is 2. The zero-order chi connectivity index (χ0) is 13.0. The van der Waals surface area contributed by atoms with Gasteiger partial charge in [0.1, 0.15) is 17.5 Å². The van der Waals surface area contributed by atoms with Crippen LogP contribution < -0.4 is 10.6 Å². The number of unbranched alkanes of at least 4 members (excludes halogenated alkanes) is 1. The Hall–Kier alpha value is -1.32. The van der Waals surface area contributed by atoms with Crippen molar-refractivity contribution in [2.24, 2.45) is 0 Å². The van der Waals surface area contributed by atoms with E-state index >= 15 is 0 Å². The topological polar surface area (TPSA) is 55.0 Å². The van der Waals surface area contributed by atoms with Crippen LogP contribution in [0.4, 0.5) is 11.6 Å². The van der Waals surface area contributed by atoms with Crippen molar-refractivity contribution in [3.05, 3.63) is 11.4 Å². The molecule has 1 aromatic rings. The van der Waals surface area contributed by atoms with Gasteiger partial charge >= 0.3 is 0 Å². The molecule has 1 rings (SSSR count). The number of nitrogen functional groups attached to an aromatic ring is 1. The standard InChI is InChI=1S/C13H24N4/c1-6-7-8-17(5)13-10(4)11(14)15-12(16-13)9(2)3/h9H,6-8H2,1-5H3,(H2,14,15,16). The molecule has 17 heavy (non-hydrogen) atoms. The highest BCUT2D eigenvalue weighted by Gasteiger charge is 2.13. The van der Waals surface area contributed by atoms with Crippen molar-refractivity contribution in [2.45, 2.75) is 46.5 Å². The molecule has 0 saturated carbocycles. The van der Waals surface area contributed by atoms with Gasteiger partial charge in [0.15, 0.2) is 0 Å². The summed E-state index contributed by atoms with van der Waals surface area (Å²) in [6.45, 7) is 9.34. The van der Waals surface area contributed by atoms with Crippen LogP contribution >= 0.6 is 0 Å². The fourth-order valence-electron chi connectivity index (χ4n) is 1.67. The van der Waals surface area contributed by atoms with Gasteiger partial charge in [0.2, 0.25) is 0 Å². The lowest BCUT2D eigenvalue weighted by Gasteiger charge is -2.21. The van der Waals surface area contributed by atoms with E-state index in [4.69, 9.17) is 5.73 Å². The van der Waals surface area contributed by atoms with Gasteiger partial charge in [-0.15, -0.1) is 0 Å². The van der Waals surface area contributed by atoms with E-state index in [-0.39, 0.29) is 0 Å². The molecule has 0 aromatic carbocycles. The van der Waals surface area contributed by atoms with E-state index in [1.54, 1.807) is 0 Å². The van der Waals surface area contributed by atoms with Crippen LogP contribution in [-0.2, 0) is 0 Å². The number of hydrogen-bond donors (Lipinski definition) is 1. The van der Waals surface area contributed by atoms with Gasteiger partial charge in [-0.1, -0.05) is 27.2 Å². The first-order chi connectivity index (χ1) is 7.97. The number of hydrogen-bond acceptors (Lipinski definition) is 4. The SMILES string of the molecule is CCCCN(C)c1nc(C(C)C)nc(N)c1C. The molecule has 0 saturated heterocycles. The lowest BCUT2D eigenvalue weighted by atomic mass is 10.2. The highest BCUT2D eigenvalue weighted by molar-refractivity contribution is 5.56. The van der Waals surface area contributed by atoms with Crippen LogP contribution in [0.3, 0.4) is 0 Å². The molecule has 4 heteroatoms. The molecule has 96 valence electrons. The van der Waals surface area contributed by atoms with Crippen LogP contribution in [0, 0.1) is 6.92 Å². The van der Waals surface area contributed by atoms with Crippen LogP contribution in [0.2, 0.25) is 0 Å². The van der Waals surface area contributed by atoms with Crippen LogP contribution in [0.1, 0.15) is 50.9 Å². The first-order valence-corrected chi connectivity index (χ1v) is 6.32. The van der Waals surface area contributed by atoms with Crippen molar-refractivity contribution in [3.63, 3.8) is 0 Å². The van der Waals surface area contributed by atoms with Crippen molar-refractivity contribution >= 4 is 11.6 Å². The first-order valence-electron chi connectivity index (χ1n) is 6.32. The lowest BCUT2D eigenvalue weighted by molar-refractivity contribution is 0.734. The van der Waals surface area contributed by atoms with Crippen molar-refractivity contribution in [2.75, 3.05) is 24.2 Å². The summed E-state index contributed by atoms with van der Waals surface area (Å²) in [5, 5.41) is 0. The van der Waals surface area contributed by atoms with Crippen molar-refractivity contribution < 1.29 is 0 Å². The highest BCUT2D eigenvalue weighted by atomic mass is 15.2. The highest BCUT2D eigenvalue weighted by Crippen LogP contribution is 2.23. The van der Waals surface area contributed by atoms with E-state index in [1.165, 1.54) is 6.42 Å². The third kappa shape index (κ3) is 3.32. The Morgan fingerprint density at radius 3 is 2.47 bits per heavy atom. The van der Waals surface area contributed by atoms with Gasteiger partial charge in [-0.05, 0) is 13.3 Å². The Morgan fingerprint density at radius 1 is 1.29 bits per heavy atom. The smallest absolute Gasteiger partial charge is 0.137 e. The predicted octanol–water partition coefficient (Wildman–Crippen LogP) is 2.73. The predicted molar refractivity (Wildman–Crippen MR) is 73.4 cm³/mol. The minimum Gasteiger partial charge on any atom is -0.383 e. The number of aromatic nitrogens is 2. The van der Waals surface area contributed by atoms with Crippen molar-refractivity contribution in [1.29, 1.82) is 0 Å². The maximum absolute atomic E-state index is 5.95. The largest absolute Gasteiger partial charge is 0.383 e. The lowest BCUT2D eigenvalue weighted by Crippen LogP contribution is -2.22. The van der Waals surface area contributed by atoms with Gasteiger partial charge in [-0.2, -0.15) is 0 Å². The molecule has 4 nitrogen and oxygen atoms in total. The van der Waals surface area contributed by atoms with Crippen LogP contribution in [0.25, 0.3) is 0 Å². The normalized spacial score (nSPS) is 10.9. The zero-order valence-corrected chi connectivity index (χ0v) is 11.6. The average molecular weight is 236 g/mol. The third-order valence-electron chi connectivity index (χ3n) is 2.90. The summed E-state index contributed by atoms with van der Waals surface area (Å²) in [4.78, 5) is 11.1. The maximum Gasteiger partial charge on any atom is 0.137 e. The third-order valence-corrected chi connectivity index (χ3v) is 2.90. The molecule has 0 atom stereocenters. The summed E-state index contributed by atoms with van der Waals surface area (Å²) in [5.41, 5.74) is 6.93. The van der Waals surface area contributed by atoms with E-state index in [1.807, 2.05) is 6.92 Å². The maximum atomic E-state index is 5.95. The minimum absolute atomic E-state index is 0.302. The Morgan fingerprint density at radius 2 is 1.94 bits per heavy atom. The molecular formula is C13H24N4. The molecule has 0 aliphatic heterocycles. The van der Waals surface area contributed by atoms with Crippen LogP contribution in [0.5, 0.6) is 0 Å². The molecule has 0 unspecified atom stereocenters. The molecule has 0 aliphatic carbocycles. The molecule has 1 aromatic heterocycles. The molecule has 0 fully saturated rings. The summed E-state index contributed by atoms with van der Waals surface area (Å²) in [6.07, 6.45) is 2.35. The first kappa shape index (κ1) is 13.7. The number of rotatable bonds is 5. The molecule has 0 spiro atoms. The van der Waals surface area contributed by atoms with E-state index in [0.717, 1.165) is 30.2 Å². The summed E-state index contributed by atoms with van der Waals surface area (Å²) < 4.78 is 0. The van der Waals surface area contributed by atoms with Crippen molar-refractivity contribution in [1.82, 2.24) is 9.97 Å². The molecule has 2 N–H and O–H groups in total. The zero-order valence-electron chi connectivity index (χ0n) is 11.6.